The number of carbonyl (C=O) groups excluding carboxylic acids is 2. The molecule has 5 aliphatic rings. The fourth-order valence-corrected chi connectivity index (χ4v) is 7.49. The molecule has 1 atom stereocenters. The van der Waals surface area contributed by atoms with Gasteiger partial charge in [-0.05, 0) is 83.0 Å². The van der Waals surface area contributed by atoms with Crippen LogP contribution in [0.15, 0.2) is 0 Å². The number of amides is 2. The molecule has 1 unspecified atom stereocenters. The van der Waals surface area contributed by atoms with Gasteiger partial charge >= 0.3 is 0 Å². The molecule has 1 saturated heterocycles. The maximum absolute atomic E-state index is 13.7. The number of carbonyl (C=O) groups is 2. The number of aryl methyl sites for hydroxylation is 2. The van der Waals surface area contributed by atoms with Gasteiger partial charge in [0.15, 0.2) is 5.13 Å². The van der Waals surface area contributed by atoms with Crippen LogP contribution in [0.2, 0.25) is 0 Å². The Kier molecular flexibility index (Phi) is 4.12. The van der Waals surface area contributed by atoms with Crippen molar-refractivity contribution < 1.29 is 9.59 Å². The van der Waals surface area contributed by atoms with Gasteiger partial charge in [-0.3, -0.25) is 9.59 Å². The summed E-state index contributed by atoms with van der Waals surface area (Å²) in [4.78, 5) is 34.1. The highest BCUT2D eigenvalue weighted by molar-refractivity contribution is 7.15. The normalized spacial score (nSPS) is 37.0. The van der Waals surface area contributed by atoms with Gasteiger partial charge in [0.2, 0.25) is 11.8 Å². The molecule has 4 saturated carbocycles. The van der Waals surface area contributed by atoms with Crippen molar-refractivity contribution in [2.75, 3.05) is 11.9 Å². The Morgan fingerprint density at radius 3 is 2.30 bits per heavy atom. The maximum Gasteiger partial charge on any atom is 0.248 e. The number of likely N-dealkylation sites (tertiary alicyclic amines) is 1. The van der Waals surface area contributed by atoms with Crippen molar-refractivity contribution >= 4 is 28.3 Å². The van der Waals surface area contributed by atoms with Crippen molar-refractivity contribution in [2.24, 2.45) is 23.2 Å². The van der Waals surface area contributed by atoms with Crippen LogP contribution in [0.3, 0.4) is 0 Å². The largest absolute Gasteiger partial charge is 0.330 e. The van der Waals surface area contributed by atoms with Gasteiger partial charge in [0.25, 0.3) is 0 Å². The molecular weight excluding hydrogens is 358 g/mol. The zero-order valence-electron chi connectivity index (χ0n) is 16.3. The third-order valence-corrected chi connectivity index (χ3v) is 8.56. The van der Waals surface area contributed by atoms with E-state index in [0.717, 1.165) is 67.0 Å². The van der Waals surface area contributed by atoms with E-state index < -0.39 is 0 Å². The van der Waals surface area contributed by atoms with Crippen molar-refractivity contribution in [1.29, 1.82) is 0 Å². The number of anilines is 1. The van der Waals surface area contributed by atoms with Gasteiger partial charge in [-0.15, -0.1) is 11.3 Å². The van der Waals surface area contributed by atoms with Crippen LogP contribution in [0, 0.1) is 37.0 Å². The Morgan fingerprint density at radius 1 is 1.11 bits per heavy atom. The number of nitrogens with one attached hydrogen (secondary N) is 1. The van der Waals surface area contributed by atoms with Crippen molar-refractivity contribution in [2.45, 2.75) is 71.3 Å². The zero-order valence-corrected chi connectivity index (χ0v) is 17.1. The van der Waals surface area contributed by atoms with E-state index in [1.807, 2.05) is 18.7 Å². The highest BCUT2D eigenvalue weighted by Gasteiger charge is 2.56. The van der Waals surface area contributed by atoms with Crippen LogP contribution in [0.25, 0.3) is 0 Å². The fraction of sp³-hybridized carbons (Fsp3) is 0.762. The Bertz CT molecular complexity index is 732. The van der Waals surface area contributed by atoms with E-state index in [2.05, 4.69) is 10.3 Å². The fourth-order valence-electron chi connectivity index (χ4n) is 6.67. The van der Waals surface area contributed by atoms with Crippen LogP contribution in [-0.2, 0) is 9.59 Å². The van der Waals surface area contributed by atoms with Crippen LogP contribution >= 0.6 is 11.3 Å². The molecule has 1 N–H and O–H groups in total. The smallest absolute Gasteiger partial charge is 0.248 e. The molecule has 1 aromatic heterocycles. The van der Waals surface area contributed by atoms with Crippen molar-refractivity contribution in [3.8, 4) is 0 Å². The van der Waals surface area contributed by atoms with Crippen LogP contribution in [0.4, 0.5) is 5.13 Å². The van der Waals surface area contributed by atoms with E-state index in [1.165, 1.54) is 30.6 Å². The molecule has 0 aromatic carbocycles. The number of rotatable bonds is 3. The summed E-state index contributed by atoms with van der Waals surface area (Å²) in [5, 5.41) is 3.64. The summed E-state index contributed by atoms with van der Waals surface area (Å²) in [5.41, 5.74) is 0.801. The minimum atomic E-state index is -0.324. The van der Waals surface area contributed by atoms with Crippen LogP contribution in [-0.4, -0.2) is 34.3 Å². The molecule has 2 heterocycles. The van der Waals surface area contributed by atoms with E-state index in [9.17, 15) is 9.59 Å². The first kappa shape index (κ1) is 17.7. The first-order valence-corrected chi connectivity index (χ1v) is 11.3. The highest BCUT2D eigenvalue weighted by atomic mass is 32.1. The molecule has 27 heavy (non-hydrogen) atoms. The summed E-state index contributed by atoms with van der Waals surface area (Å²) in [6.45, 7) is 4.70. The van der Waals surface area contributed by atoms with Gasteiger partial charge in [0.1, 0.15) is 6.04 Å². The number of hydrogen-bond donors (Lipinski definition) is 1. The third-order valence-electron chi connectivity index (χ3n) is 7.57. The summed E-state index contributed by atoms with van der Waals surface area (Å²) in [6.07, 6.45) is 8.88. The predicted octanol–water partition coefficient (Wildman–Crippen LogP) is 3.91. The Morgan fingerprint density at radius 2 is 1.74 bits per heavy atom. The number of hydrogen-bond acceptors (Lipinski definition) is 4. The lowest BCUT2D eigenvalue weighted by molar-refractivity contribution is -0.160. The number of thiazole rings is 1. The van der Waals surface area contributed by atoms with E-state index >= 15 is 0 Å². The summed E-state index contributed by atoms with van der Waals surface area (Å²) in [6, 6.07) is -0.324. The maximum atomic E-state index is 13.7. The summed E-state index contributed by atoms with van der Waals surface area (Å²) in [5.74, 6) is 2.47. The third kappa shape index (κ3) is 2.91. The lowest BCUT2D eigenvalue weighted by atomic mass is 9.49. The Labute approximate surface area is 164 Å². The molecule has 5 fully saturated rings. The lowest BCUT2D eigenvalue weighted by Gasteiger charge is -2.56. The molecule has 5 nitrogen and oxygen atoms in total. The molecule has 6 heteroatoms. The highest BCUT2D eigenvalue weighted by Crippen LogP contribution is 2.60. The summed E-state index contributed by atoms with van der Waals surface area (Å²) < 4.78 is 0. The lowest BCUT2D eigenvalue weighted by Crippen LogP contribution is -2.56. The second-order valence-electron chi connectivity index (χ2n) is 9.50. The summed E-state index contributed by atoms with van der Waals surface area (Å²) in [7, 11) is 0. The van der Waals surface area contributed by atoms with Crippen molar-refractivity contribution in [3.63, 3.8) is 0 Å². The van der Waals surface area contributed by atoms with Crippen LogP contribution < -0.4 is 5.32 Å². The summed E-state index contributed by atoms with van der Waals surface area (Å²) >= 11 is 1.51. The number of nitrogens with zero attached hydrogens (tertiary/aromatic N) is 2. The quantitative estimate of drug-likeness (QED) is 0.855. The Hall–Kier alpha value is -1.43. The van der Waals surface area contributed by atoms with Gasteiger partial charge in [-0.25, -0.2) is 4.98 Å². The minimum Gasteiger partial charge on any atom is -0.330 e. The SMILES string of the molecule is Cc1nc(NC(=O)C2CCCN2C(=O)C23CC4CC(CC(C4)C2)C3)sc1C. The van der Waals surface area contributed by atoms with E-state index in [1.54, 1.807) is 0 Å². The standard InChI is InChI=1S/C21H29N3O2S/c1-12-13(2)27-20(22-12)23-18(25)17-4-3-5-24(17)19(26)21-9-14-6-15(10-21)8-16(7-14)11-21/h14-17H,3-11H2,1-2H3,(H,22,23,25). The van der Waals surface area contributed by atoms with E-state index in [0.29, 0.717) is 5.13 Å². The molecule has 4 bridgehead atoms. The van der Waals surface area contributed by atoms with Gasteiger partial charge in [-0.2, -0.15) is 0 Å². The number of aromatic nitrogens is 1. The monoisotopic (exact) mass is 387 g/mol. The van der Waals surface area contributed by atoms with E-state index in [-0.39, 0.29) is 23.3 Å². The molecule has 4 aliphatic carbocycles. The second-order valence-corrected chi connectivity index (χ2v) is 10.7. The topological polar surface area (TPSA) is 62.3 Å². The van der Waals surface area contributed by atoms with Gasteiger partial charge < -0.3 is 10.2 Å². The molecule has 6 rings (SSSR count). The zero-order chi connectivity index (χ0) is 18.8. The average Bonchev–Trinajstić information content (AvgIpc) is 3.20. The van der Waals surface area contributed by atoms with Gasteiger partial charge in [0, 0.05) is 11.4 Å². The molecule has 2 amide bonds. The van der Waals surface area contributed by atoms with Crippen LogP contribution in [0.1, 0.15) is 61.9 Å². The minimum absolute atomic E-state index is 0.0562. The predicted molar refractivity (Wildman–Crippen MR) is 106 cm³/mol. The molecule has 0 spiro atoms. The van der Waals surface area contributed by atoms with Crippen molar-refractivity contribution in [3.05, 3.63) is 10.6 Å². The molecule has 0 radical (unpaired) electrons. The first-order chi connectivity index (χ1) is 12.9. The second kappa shape index (κ2) is 6.29. The van der Waals surface area contributed by atoms with Gasteiger partial charge in [-0.1, -0.05) is 0 Å². The molecule has 1 aromatic rings. The van der Waals surface area contributed by atoms with Crippen LogP contribution in [0.5, 0.6) is 0 Å². The molecule has 146 valence electrons. The van der Waals surface area contributed by atoms with E-state index in [4.69, 9.17) is 0 Å². The molecule has 1 aliphatic heterocycles. The Balaban J connectivity index is 1.33. The first-order valence-electron chi connectivity index (χ1n) is 10.5. The molecular formula is C21H29N3O2S. The average molecular weight is 388 g/mol. The van der Waals surface area contributed by atoms with Gasteiger partial charge in [0.05, 0.1) is 11.1 Å². The van der Waals surface area contributed by atoms with Crippen molar-refractivity contribution in [1.82, 2.24) is 9.88 Å².